The van der Waals surface area contributed by atoms with Gasteiger partial charge in [-0.2, -0.15) is 0 Å². The number of rotatable bonds is 1. The molecule has 0 aromatic carbocycles. The van der Waals surface area contributed by atoms with E-state index in [0.717, 1.165) is 30.7 Å². The Morgan fingerprint density at radius 3 is 2.90 bits per heavy atom. The molecule has 1 unspecified atom stereocenters. The van der Waals surface area contributed by atoms with Crippen molar-refractivity contribution in [3.8, 4) is 0 Å². The maximum Gasteiger partial charge on any atom is 0.142 e. The zero-order chi connectivity index (χ0) is 7.56. The first-order valence-corrected chi connectivity index (χ1v) is 3.89. The molecule has 10 heavy (non-hydrogen) atoms. The Morgan fingerprint density at radius 2 is 2.50 bits per heavy atom. The molecule has 1 saturated heterocycles. The summed E-state index contributed by atoms with van der Waals surface area (Å²) in [5.74, 6) is 0. The fourth-order valence-corrected chi connectivity index (χ4v) is 1.55. The van der Waals surface area contributed by atoms with Crippen LogP contribution >= 0.6 is 12.2 Å². The summed E-state index contributed by atoms with van der Waals surface area (Å²) >= 11 is 4.97. The fourth-order valence-electron chi connectivity index (χ4n) is 1.32. The lowest BCUT2D eigenvalue weighted by Gasteiger charge is -2.20. The quantitative estimate of drug-likeness (QED) is 0.418. The highest BCUT2D eigenvalue weighted by Gasteiger charge is 2.23. The normalized spacial score (nSPS) is 24.9. The molecule has 0 aromatic heterocycles. The van der Waals surface area contributed by atoms with Crippen LogP contribution in [0.3, 0.4) is 0 Å². The van der Waals surface area contributed by atoms with Crippen molar-refractivity contribution in [1.82, 2.24) is 4.90 Å². The first kappa shape index (κ1) is 7.66. The molecule has 0 radical (unpaired) electrons. The number of thiocarbonyl (C=S) groups is 1. The molecule has 1 aliphatic heterocycles. The summed E-state index contributed by atoms with van der Waals surface area (Å²) in [6, 6.07) is 0.0671. The molecule has 0 bridgehead atoms. The average Bonchev–Trinajstić information content (AvgIpc) is 2.33. The molecule has 1 rings (SSSR count). The van der Waals surface area contributed by atoms with Crippen LogP contribution in [0.25, 0.3) is 0 Å². The summed E-state index contributed by atoms with van der Waals surface area (Å²) in [5.41, 5.74) is 0. The van der Waals surface area contributed by atoms with Crippen molar-refractivity contribution in [2.45, 2.75) is 25.8 Å². The van der Waals surface area contributed by atoms with E-state index in [9.17, 15) is 4.79 Å². The Bertz CT molecular complexity index is 158. The van der Waals surface area contributed by atoms with E-state index in [2.05, 4.69) is 0 Å². The van der Waals surface area contributed by atoms with E-state index in [1.807, 2.05) is 11.8 Å². The minimum Gasteiger partial charge on any atom is -0.357 e. The zero-order valence-corrected chi connectivity index (χ0v) is 6.86. The van der Waals surface area contributed by atoms with E-state index in [0.29, 0.717) is 0 Å². The SMILES string of the molecule is CC(=S)N1CCCC1C=O. The Kier molecular flexibility index (Phi) is 2.38. The molecular formula is C7H11NOS. The number of nitrogens with zero attached hydrogens (tertiary/aromatic N) is 1. The van der Waals surface area contributed by atoms with E-state index < -0.39 is 0 Å². The van der Waals surface area contributed by atoms with Crippen LogP contribution in [-0.4, -0.2) is 28.8 Å². The van der Waals surface area contributed by atoms with Crippen LogP contribution in [0.5, 0.6) is 0 Å². The van der Waals surface area contributed by atoms with Crippen molar-refractivity contribution in [1.29, 1.82) is 0 Å². The number of hydrogen-bond acceptors (Lipinski definition) is 2. The lowest BCUT2D eigenvalue weighted by Crippen LogP contribution is -2.33. The van der Waals surface area contributed by atoms with Gasteiger partial charge >= 0.3 is 0 Å². The van der Waals surface area contributed by atoms with Crippen molar-refractivity contribution >= 4 is 23.5 Å². The molecule has 0 N–H and O–H groups in total. The van der Waals surface area contributed by atoms with Gasteiger partial charge in [-0.15, -0.1) is 0 Å². The fraction of sp³-hybridized carbons (Fsp3) is 0.714. The Hall–Kier alpha value is -0.440. The number of likely N-dealkylation sites (tertiary alicyclic amines) is 1. The maximum atomic E-state index is 10.4. The number of hydrogen-bond donors (Lipinski definition) is 0. The zero-order valence-electron chi connectivity index (χ0n) is 6.04. The number of carbonyl (C=O) groups excluding carboxylic acids is 1. The van der Waals surface area contributed by atoms with Crippen LogP contribution in [-0.2, 0) is 4.79 Å². The lowest BCUT2D eigenvalue weighted by atomic mass is 10.2. The smallest absolute Gasteiger partial charge is 0.142 e. The highest BCUT2D eigenvalue weighted by Crippen LogP contribution is 2.15. The largest absolute Gasteiger partial charge is 0.357 e. The second-order valence-corrected chi connectivity index (χ2v) is 3.15. The van der Waals surface area contributed by atoms with Crippen LogP contribution in [0.2, 0.25) is 0 Å². The molecule has 1 atom stereocenters. The van der Waals surface area contributed by atoms with Gasteiger partial charge in [0.25, 0.3) is 0 Å². The van der Waals surface area contributed by atoms with Crippen molar-refractivity contribution < 1.29 is 4.79 Å². The van der Waals surface area contributed by atoms with Gasteiger partial charge in [-0.05, 0) is 19.8 Å². The summed E-state index contributed by atoms with van der Waals surface area (Å²) in [6.45, 7) is 2.83. The second-order valence-electron chi connectivity index (χ2n) is 2.56. The van der Waals surface area contributed by atoms with Crippen LogP contribution in [0.1, 0.15) is 19.8 Å². The predicted octanol–water partition coefficient (Wildman–Crippen LogP) is 0.997. The van der Waals surface area contributed by atoms with E-state index in [1.54, 1.807) is 0 Å². The van der Waals surface area contributed by atoms with Gasteiger partial charge in [-0.3, -0.25) is 0 Å². The van der Waals surface area contributed by atoms with Crippen LogP contribution in [0.4, 0.5) is 0 Å². The van der Waals surface area contributed by atoms with E-state index in [1.165, 1.54) is 0 Å². The van der Waals surface area contributed by atoms with Gasteiger partial charge in [0.15, 0.2) is 0 Å². The molecule has 2 nitrogen and oxygen atoms in total. The molecule has 0 saturated carbocycles. The molecule has 1 aliphatic rings. The lowest BCUT2D eigenvalue weighted by molar-refractivity contribution is -0.110. The summed E-state index contributed by atoms with van der Waals surface area (Å²) < 4.78 is 0. The monoisotopic (exact) mass is 157 g/mol. The average molecular weight is 157 g/mol. The Labute approximate surface area is 66.2 Å². The standard InChI is InChI=1S/C7H11NOS/c1-6(10)8-4-2-3-7(8)5-9/h5,7H,2-4H2,1H3. The Morgan fingerprint density at radius 1 is 1.80 bits per heavy atom. The van der Waals surface area contributed by atoms with E-state index in [-0.39, 0.29) is 6.04 Å². The van der Waals surface area contributed by atoms with Crippen molar-refractivity contribution in [3.63, 3.8) is 0 Å². The van der Waals surface area contributed by atoms with Crippen molar-refractivity contribution in [2.75, 3.05) is 6.54 Å². The van der Waals surface area contributed by atoms with E-state index in [4.69, 9.17) is 12.2 Å². The number of aldehydes is 1. The first-order chi connectivity index (χ1) is 4.75. The van der Waals surface area contributed by atoms with Gasteiger partial charge in [0.1, 0.15) is 6.29 Å². The predicted molar refractivity (Wildman–Crippen MR) is 44.1 cm³/mol. The molecule has 0 aromatic rings. The third-order valence-electron chi connectivity index (χ3n) is 1.86. The first-order valence-electron chi connectivity index (χ1n) is 3.48. The molecule has 3 heteroatoms. The maximum absolute atomic E-state index is 10.4. The van der Waals surface area contributed by atoms with Gasteiger partial charge in [-0.25, -0.2) is 0 Å². The Balaban J connectivity index is 2.58. The van der Waals surface area contributed by atoms with Crippen LogP contribution in [0.15, 0.2) is 0 Å². The van der Waals surface area contributed by atoms with Crippen LogP contribution in [0, 0.1) is 0 Å². The minimum absolute atomic E-state index is 0.0671. The summed E-state index contributed by atoms with van der Waals surface area (Å²) in [7, 11) is 0. The molecule has 56 valence electrons. The third kappa shape index (κ3) is 1.34. The molecule has 0 spiro atoms. The van der Waals surface area contributed by atoms with Gasteiger partial charge < -0.3 is 9.69 Å². The van der Waals surface area contributed by atoms with Crippen molar-refractivity contribution in [2.24, 2.45) is 0 Å². The van der Waals surface area contributed by atoms with Gasteiger partial charge in [0.2, 0.25) is 0 Å². The molecule has 0 amide bonds. The second kappa shape index (κ2) is 3.10. The number of carbonyl (C=O) groups is 1. The molecule has 1 fully saturated rings. The molecule has 1 heterocycles. The van der Waals surface area contributed by atoms with E-state index >= 15 is 0 Å². The van der Waals surface area contributed by atoms with Gasteiger partial charge in [-0.1, -0.05) is 12.2 Å². The summed E-state index contributed by atoms with van der Waals surface area (Å²) in [6.07, 6.45) is 3.05. The van der Waals surface area contributed by atoms with Gasteiger partial charge in [0.05, 0.1) is 11.0 Å². The molecular weight excluding hydrogens is 146 g/mol. The van der Waals surface area contributed by atoms with Crippen LogP contribution < -0.4 is 0 Å². The summed E-state index contributed by atoms with van der Waals surface area (Å²) in [4.78, 5) is 13.3. The van der Waals surface area contributed by atoms with Gasteiger partial charge in [0, 0.05) is 6.54 Å². The third-order valence-corrected chi connectivity index (χ3v) is 2.10. The highest BCUT2D eigenvalue weighted by atomic mass is 32.1. The summed E-state index contributed by atoms with van der Waals surface area (Å²) in [5, 5.41) is 0. The topological polar surface area (TPSA) is 20.3 Å². The van der Waals surface area contributed by atoms with Crippen molar-refractivity contribution in [3.05, 3.63) is 0 Å². The molecule has 0 aliphatic carbocycles. The minimum atomic E-state index is 0.0671. The highest BCUT2D eigenvalue weighted by molar-refractivity contribution is 7.80.